The highest BCUT2D eigenvalue weighted by Crippen LogP contribution is 2.25. The van der Waals surface area contributed by atoms with Gasteiger partial charge in [0, 0.05) is 18.7 Å². The molecule has 0 radical (unpaired) electrons. The Kier molecular flexibility index (Phi) is 4.67. The van der Waals surface area contributed by atoms with Gasteiger partial charge in [-0.2, -0.15) is 0 Å². The maximum Gasteiger partial charge on any atom is 0.261 e. The molecule has 130 valence electrons. The van der Waals surface area contributed by atoms with E-state index in [1.807, 2.05) is 6.92 Å². The Bertz CT molecular complexity index is 813. The summed E-state index contributed by atoms with van der Waals surface area (Å²) in [7, 11) is 1.55. The molecule has 0 bridgehead atoms. The van der Waals surface area contributed by atoms with Crippen molar-refractivity contribution in [1.82, 2.24) is 10.2 Å². The number of rotatable bonds is 6. The molecule has 3 rings (SSSR count). The number of furan rings is 1. The van der Waals surface area contributed by atoms with Crippen molar-refractivity contribution in [2.45, 2.75) is 19.5 Å². The minimum Gasteiger partial charge on any atom is -0.467 e. The molecule has 0 saturated carbocycles. The number of fused-ring (bicyclic) bond motifs is 1. The highest BCUT2D eigenvalue weighted by molar-refractivity contribution is 6.22. The molecule has 7 heteroatoms. The number of hydrogen-bond donors (Lipinski definition) is 1. The van der Waals surface area contributed by atoms with Crippen molar-refractivity contribution in [3.8, 4) is 0 Å². The molecule has 0 spiro atoms. The fourth-order valence-electron chi connectivity index (χ4n) is 2.73. The third-order valence-corrected chi connectivity index (χ3v) is 3.92. The predicted molar refractivity (Wildman–Crippen MR) is 88.2 cm³/mol. The average Bonchev–Trinajstić information content (AvgIpc) is 3.18. The van der Waals surface area contributed by atoms with Gasteiger partial charge in [0.25, 0.3) is 17.7 Å². The lowest BCUT2D eigenvalue weighted by Crippen LogP contribution is -2.35. The highest BCUT2D eigenvalue weighted by atomic mass is 16.5. The summed E-state index contributed by atoms with van der Waals surface area (Å²) in [5, 5.41) is 2.77. The summed E-state index contributed by atoms with van der Waals surface area (Å²) in [6, 6.07) is 7.71. The van der Waals surface area contributed by atoms with Crippen molar-refractivity contribution in [3.05, 3.63) is 59.0 Å². The molecule has 0 saturated heterocycles. The van der Waals surface area contributed by atoms with E-state index < -0.39 is 11.8 Å². The third-order valence-electron chi connectivity index (χ3n) is 3.92. The minimum absolute atomic E-state index is 0.0613. The van der Waals surface area contributed by atoms with Gasteiger partial charge in [0.05, 0.1) is 30.5 Å². The standard InChI is InChI=1S/C18H18N2O5/c1-11(10-24-2)19-16(21)12-5-6-14-15(8-12)18(23)20(17(14)22)9-13-4-3-7-25-13/h3-8,11H,9-10H2,1-2H3,(H,19,21). The molecule has 1 N–H and O–H groups in total. The van der Waals surface area contributed by atoms with Crippen molar-refractivity contribution in [1.29, 1.82) is 0 Å². The Balaban J connectivity index is 1.80. The van der Waals surface area contributed by atoms with Gasteiger partial charge in [0.1, 0.15) is 5.76 Å². The molecule has 1 aromatic heterocycles. The summed E-state index contributed by atoms with van der Waals surface area (Å²) in [6.07, 6.45) is 1.48. The van der Waals surface area contributed by atoms with Crippen LogP contribution in [0.25, 0.3) is 0 Å². The van der Waals surface area contributed by atoms with Gasteiger partial charge in [-0.1, -0.05) is 0 Å². The molecule has 1 aliphatic rings. The quantitative estimate of drug-likeness (QED) is 0.809. The third kappa shape index (κ3) is 3.32. The maximum atomic E-state index is 12.5. The van der Waals surface area contributed by atoms with Crippen molar-refractivity contribution in [2.75, 3.05) is 13.7 Å². The molecule has 7 nitrogen and oxygen atoms in total. The van der Waals surface area contributed by atoms with E-state index in [4.69, 9.17) is 9.15 Å². The molecule has 1 aliphatic heterocycles. The van der Waals surface area contributed by atoms with Gasteiger partial charge in [-0.25, -0.2) is 0 Å². The molecule has 2 aromatic rings. The van der Waals surface area contributed by atoms with Crippen molar-refractivity contribution in [2.24, 2.45) is 0 Å². The molecular weight excluding hydrogens is 324 g/mol. The Morgan fingerprint density at radius 2 is 2.00 bits per heavy atom. The number of carbonyl (C=O) groups excluding carboxylic acids is 3. The topological polar surface area (TPSA) is 88.8 Å². The molecule has 1 atom stereocenters. The normalized spacial score (nSPS) is 14.6. The van der Waals surface area contributed by atoms with Crippen LogP contribution in [0.5, 0.6) is 0 Å². The van der Waals surface area contributed by atoms with E-state index in [9.17, 15) is 14.4 Å². The number of imide groups is 1. The van der Waals surface area contributed by atoms with Crippen LogP contribution in [-0.2, 0) is 11.3 Å². The Morgan fingerprint density at radius 3 is 2.68 bits per heavy atom. The Morgan fingerprint density at radius 1 is 1.24 bits per heavy atom. The van der Waals surface area contributed by atoms with Crippen LogP contribution in [-0.4, -0.2) is 42.4 Å². The van der Waals surface area contributed by atoms with E-state index in [0.29, 0.717) is 17.9 Å². The first-order chi connectivity index (χ1) is 12.0. The largest absolute Gasteiger partial charge is 0.467 e. The van der Waals surface area contributed by atoms with Crippen LogP contribution < -0.4 is 5.32 Å². The highest BCUT2D eigenvalue weighted by Gasteiger charge is 2.36. The van der Waals surface area contributed by atoms with Crippen LogP contribution >= 0.6 is 0 Å². The van der Waals surface area contributed by atoms with Crippen LogP contribution in [0.3, 0.4) is 0 Å². The van der Waals surface area contributed by atoms with Gasteiger partial charge in [-0.05, 0) is 37.3 Å². The zero-order valence-corrected chi connectivity index (χ0v) is 13.9. The summed E-state index contributed by atoms with van der Waals surface area (Å²) in [4.78, 5) is 38.3. The molecule has 3 amide bonds. The number of ether oxygens (including phenoxy) is 1. The van der Waals surface area contributed by atoms with Gasteiger partial charge >= 0.3 is 0 Å². The lowest BCUT2D eigenvalue weighted by atomic mass is 10.1. The number of amides is 3. The SMILES string of the molecule is COCC(C)NC(=O)c1ccc2c(c1)C(=O)N(Cc1ccco1)C2=O. The summed E-state index contributed by atoms with van der Waals surface area (Å²) in [5.41, 5.74) is 0.837. The smallest absolute Gasteiger partial charge is 0.261 e. The first-order valence-corrected chi connectivity index (χ1v) is 7.83. The summed E-state index contributed by atoms with van der Waals surface area (Å²) < 4.78 is 10.2. The molecule has 0 aliphatic carbocycles. The van der Waals surface area contributed by atoms with E-state index in [0.717, 1.165) is 4.90 Å². The second-order valence-corrected chi connectivity index (χ2v) is 5.87. The van der Waals surface area contributed by atoms with E-state index in [2.05, 4.69) is 5.32 Å². The number of methoxy groups -OCH3 is 1. The summed E-state index contributed by atoms with van der Waals surface area (Å²) in [6.45, 7) is 2.26. The second-order valence-electron chi connectivity index (χ2n) is 5.87. The van der Waals surface area contributed by atoms with Gasteiger partial charge in [0.2, 0.25) is 0 Å². The molecule has 1 unspecified atom stereocenters. The lowest BCUT2D eigenvalue weighted by Gasteiger charge is -2.13. The number of benzene rings is 1. The first kappa shape index (κ1) is 16.9. The molecular formula is C18H18N2O5. The maximum absolute atomic E-state index is 12.5. The molecule has 25 heavy (non-hydrogen) atoms. The van der Waals surface area contributed by atoms with Crippen LogP contribution in [0.1, 0.15) is 43.8 Å². The summed E-state index contributed by atoms with van der Waals surface area (Å²) in [5.74, 6) is -0.634. The fourth-order valence-corrected chi connectivity index (χ4v) is 2.73. The zero-order valence-electron chi connectivity index (χ0n) is 13.9. The van der Waals surface area contributed by atoms with Crippen molar-refractivity contribution < 1.29 is 23.5 Å². The van der Waals surface area contributed by atoms with Crippen molar-refractivity contribution in [3.63, 3.8) is 0 Å². The van der Waals surface area contributed by atoms with E-state index >= 15 is 0 Å². The van der Waals surface area contributed by atoms with Gasteiger partial charge < -0.3 is 14.5 Å². The monoisotopic (exact) mass is 342 g/mol. The summed E-state index contributed by atoms with van der Waals surface area (Å²) >= 11 is 0. The van der Waals surface area contributed by atoms with Crippen LogP contribution in [0.2, 0.25) is 0 Å². The van der Waals surface area contributed by atoms with Crippen LogP contribution in [0.15, 0.2) is 41.0 Å². The Labute approximate surface area is 144 Å². The second kappa shape index (κ2) is 6.90. The van der Waals surface area contributed by atoms with E-state index in [1.54, 1.807) is 19.2 Å². The fraction of sp³-hybridized carbons (Fsp3) is 0.278. The van der Waals surface area contributed by atoms with E-state index in [1.165, 1.54) is 24.5 Å². The van der Waals surface area contributed by atoms with Crippen LogP contribution in [0, 0.1) is 0 Å². The lowest BCUT2D eigenvalue weighted by molar-refractivity contribution is 0.0631. The predicted octanol–water partition coefficient (Wildman–Crippen LogP) is 1.84. The first-order valence-electron chi connectivity index (χ1n) is 7.83. The van der Waals surface area contributed by atoms with E-state index in [-0.39, 0.29) is 29.6 Å². The zero-order chi connectivity index (χ0) is 18.0. The number of hydrogen-bond acceptors (Lipinski definition) is 5. The molecule has 0 fully saturated rings. The minimum atomic E-state index is -0.434. The van der Waals surface area contributed by atoms with Crippen molar-refractivity contribution >= 4 is 17.7 Å². The molecule has 2 heterocycles. The number of carbonyl (C=O) groups is 3. The average molecular weight is 342 g/mol. The van der Waals surface area contributed by atoms with Gasteiger partial charge in [-0.3, -0.25) is 19.3 Å². The van der Waals surface area contributed by atoms with Gasteiger partial charge in [-0.15, -0.1) is 0 Å². The number of nitrogens with one attached hydrogen (secondary N) is 1. The van der Waals surface area contributed by atoms with Crippen LogP contribution in [0.4, 0.5) is 0 Å². The van der Waals surface area contributed by atoms with Gasteiger partial charge in [0.15, 0.2) is 0 Å². The molecule has 1 aromatic carbocycles. The Hall–Kier alpha value is -2.93. The number of nitrogens with zero attached hydrogens (tertiary/aromatic N) is 1.